The van der Waals surface area contributed by atoms with E-state index in [1.165, 1.54) is 0 Å². The van der Waals surface area contributed by atoms with Crippen molar-refractivity contribution < 1.29 is 9.47 Å². The molecule has 1 saturated heterocycles. The Kier molecular flexibility index (Phi) is 6.60. The Bertz CT molecular complexity index is 431. The highest BCUT2D eigenvalue weighted by Crippen LogP contribution is 2.38. The van der Waals surface area contributed by atoms with Crippen molar-refractivity contribution in [3.8, 4) is 18.4 Å². The lowest BCUT2D eigenvalue weighted by molar-refractivity contribution is -0.171. The molecule has 1 heterocycles. The number of alkyl halides is 1. The van der Waals surface area contributed by atoms with Crippen LogP contribution in [-0.4, -0.2) is 24.3 Å². The first-order valence-corrected chi connectivity index (χ1v) is 7.10. The summed E-state index contributed by atoms with van der Waals surface area (Å²) in [7, 11) is 0. The molecule has 0 N–H and O–H groups in total. The number of ether oxygens (including phenoxy) is 2. The number of nitrogens with zero attached hydrogens (tertiary/aromatic N) is 2. The molecule has 100 valence electrons. The molecule has 1 aliphatic carbocycles. The minimum absolute atomic E-state index is 0.253. The Hall–Kier alpha value is -1.32. The van der Waals surface area contributed by atoms with Crippen molar-refractivity contribution in [3.05, 3.63) is 22.7 Å². The highest BCUT2D eigenvalue weighted by molar-refractivity contribution is 9.09. The number of allylic oxidation sites excluding steroid dienone is 2. The van der Waals surface area contributed by atoms with Gasteiger partial charge in [0.15, 0.2) is 5.79 Å². The maximum atomic E-state index is 8.75. The van der Waals surface area contributed by atoms with Gasteiger partial charge in [-0.1, -0.05) is 27.4 Å². The van der Waals surface area contributed by atoms with Crippen LogP contribution in [0.4, 0.5) is 0 Å². The van der Waals surface area contributed by atoms with Crippen molar-refractivity contribution in [3.63, 3.8) is 0 Å². The molecule has 2 aliphatic rings. The Morgan fingerprint density at radius 1 is 1.42 bits per heavy atom. The summed E-state index contributed by atoms with van der Waals surface area (Å²) in [6, 6.07) is 1.94. The number of nitriles is 1. The van der Waals surface area contributed by atoms with Crippen LogP contribution in [0.15, 0.2) is 11.3 Å². The summed E-state index contributed by atoms with van der Waals surface area (Å²) >= 11 is 3.01. The van der Waals surface area contributed by atoms with Crippen LogP contribution in [0.2, 0.25) is 0 Å². The summed E-state index contributed by atoms with van der Waals surface area (Å²) in [5.41, 5.74) is 1.21. The molecule has 0 bridgehead atoms. The van der Waals surface area contributed by atoms with Gasteiger partial charge in [-0.05, 0) is 12.8 Å². The Morgan fingerprint density at radius 2 is 1.95 bits per heavy atom. The van der Waals surface area contributed by atoms with Gasteiger partial charge in [0, 0.05) is 12.8 Å². The third-order valence-corrected chi connectivity index (χ3v) is 3.38. The van der Waals surface area contributed by atoms with E-state index in [9.17, 15) is 0 Å². The first-order chi connectivity index (χ1) is 9.21. The first kappa shape index (κ1) is 15.7. The zero-order chi connectivity index (χ0) is 14.1. The van der Waals surface area contributed by atoms with Gasteiger partial charge in [0.05, 0.1) is 31.2 Å². The van der Waals surface area contributed by atoms with E-state index in [-0.39, 0.29) is 5.70 Å². The van der Waals surface area contributed by atoms with Gasteiger partial charge >= 0.3 is 0 Å². The van der Waals surface area contributed by atoms with Crippen molar-refractivity contribution >= 4 is 15.9 Å². The molecule has 2 rings (SSSR count). The van der Waals surface area contributed by atoms with Gasteiger partial charge in [0.25, 0.3) is 5.70 Å². The van der Waals surface area contributed by atoms with Crippen molar-refractivity contribution in [1.29, 1.82) is 5.26 Å². The van der Waals surface area contributed by atoms with E-state index in [0.717, 1.165) is 31.3 Å². The molecular formula is C14H15BrN2O2. The smallest absolute Gasteiger partial charge is 0.261 e. The molecule has 1 aliphatic heterocycles. The van der Waals surface area contributed by atoms with Crippen molar-refractivity contribution in [1.82, 2.24) is 0 Å². The molecular weight excluding hydrogens is 308 g/mol. The second-order valence-corrected chi connectivity index (χ2v) is 4.68. The second-order valence-electron chi connectivity index (χ2n) is 4.12. The fourth-order valence-corrected chi connectivity index (χ4v) is 2.14. The summed E-state index contributed by atoms with van der Waals surface area (Å²) in [5, 5.41) is 9.41. The maximum absolute atomic E-state index is 8.75. The van der Waals surface area contributed by atoms with E-state index in [1.54, 1.807) is 0 Å². The molecule has 1 saturated carbocycles. The zero-order valence-corrected chi connectivity index (χ0v) is 12.2. The van der Waals surface area contributed by atoms with Crippen LogP contribution in [-0.2, 0) is 9.47 Å². The van der Waals surface area contributed by atoms with Crippen molar-refractivity contribution in [2.45, 2.75) is 31.5 Å². The van der Waals surface area contributed by atoms with E-state index in [1.807, 2.05) is 6.07 Å². The summed E-state index contributed by atoms with van der Waals surface area (Å²) in [4.78, 5) is 3.23. The van der Waals surface area contributed by atoms with Gasteiger partial charge in [-0.15, -0.1) is 6.42 Å². The fourth-order valence-electron chi connectivity index (χ4n) is 2.14. The molecule has 0 unspecified atom stereocenters. The fraction of sp³-hybridized carbons (Fsp3) is 0.571. The lowest BCUT2D eigenvalue weighted by Crippen LogP contribution is -2.33. The summed E-state index contributed by atoms with van der Waals surface area (Å²) in [6.07, 6.45) is 7.75. The van der Waals surface area contributed by atoms with Crippen LogP contribution in [0.25, 0.3) is 4.85 Å². The topological polar surface area (TPSA) is 46.6 Å². The molecule has 0 aromatic carbocycles. The largest absolute Gasteiger partial charge is 0.348 e. The number of hydrogen-bond acceptors (Lipinski definition) is 3. The van der Waals surface area contributed by atoms with Gasteiger partial charge < -0.3 is 9.47 Å². The van der Waals surface area contributed by atoms with Crippen molar-refractivity contribution in [2.75, 3.05) is 18.5 Å². The number of hydrogen-bond donors (Lipinski definition) is 0. The molecule has 4 nitrogen and oxygen atoms in total. The van der Waals surface area contributed by atoms with Gasteiger partial charge in [-0.2, -0.15) is 0 Å². The van der Waals surface area contributed by atoms with Gasteiger partial charge in [-0.25, -0.2) is 10.1 Å². The average molecular weight is 323 g/mol. The predicted octanol–water partition coefficient (Wildman–Crippen LogP) is 3.01. The van der Waals surface area contributed by atoms with Crippen LogP contribution in [0, 0.1) is 30.2 Å². The Morgan fingerprint density at radius 3 is 2.32 bits per heavy atom. The van der Waals surface area contributed by atoms with E-state index in [0.29, 0.717) is 18.5 Å². The molecule has 1 spiro atoms. The average Bonchev–Trinajstić information content (AvgIpc) is 2.91. The third kappa shape index (κ3) is 4.37. The quantitative estimate of drug-likeness (QED) is 0.298. The Balaban J connectivity index is 0.000000399. The van der Waals surface area contributed by atoms with E-state index < -0.39 is 5.79 Å². The standard InChI is InChI=1S/C11H12N2O2.C3H3Br/c1-13-10(8-12)9-2-4-11(5-3-9)14-6-7-15-11;1-2-3-4/h2-7H2;1H,3H2. The molecule has 19 heavy (non-hydrogen) atoms. The third-order valence-electron chi connectivity index (χ3n) is 3.06. The minimum atomic E-state index is -0.411. The van der Waals surface area contributed by atoms with Gasteiger partial charge in [0.2, 0.25) is 0 Å². The van der Waals surface area contributed by atoms with E-state index in [4.69, 9.17) is 27.7 Å². The van der Waals surface area contributed by atoms with Crippen molar-refractivity contribution in [2.24, 2.45) is 0 Å². The van der Waals surface area contributed by atoms with Crippen LogP contribution >= 0.6 is 15.9 Å². The summed E-state index contributed by atoms with van der Waals surface area (Å²) < 4.78 is 11.1. The second kappa shape index (κ2) is 7.97. The number of rotatable bonds is 0. The Labute approximate surface area is 122 Å². The van der Waals surface area contributed by atoms with Crippen LogP contribution in [0.5, 0.6) is 0 Å². The van der Waals surface area contributed by atoms with E-state index >= 15 is 0 Å². The maximum Gasteiger partial charge on any atom is 0.261 e. The van der Waals surface area contributed by atoms with E-state index in [2.05, 4.69) is 26.7 Å². The highest BCUT2D eigenvalue weighted by atomic mass is 79.9. The summed E-state index contributed by atoms with van der Waals surface area (Å²) in [5.74, 6) is 1.94. The summed E-state index contributed by atoms with van der Waals surface area (Å²) in [6.45, 7) is 8.20. The van der Waals surface area contributed by atoms with Crippen LogP contribution < -0.4 is 0 Å². The zero-order valence-electron chi connectivity index (χ0n) is 10.6. The normalized spacial score (nSPS) is 19.6. The lowest BCUT2D eigenvalue weighted by atomic mass is 9.89. The highest BCUT2D eigenvalue weighted by Gasteiger charge is 2.39. The molecule has 5 heteroatoms. The molecule has 2 fully saturated rings. The van der Waals surface area contributed by atoms with Crippen LogP contribution in [0.1, 0.15) is 25.7 Å². The number of halogens is 1. The monoisotopic (exact) mass is 322 g/mol. The SMILES string of the molecule is C#CCBr.[C-]#[N+]C(C#N)=C1CCC2(CC1)OCCO2. The predicted molar refractivity (Wildman–Crippen MR) is 75.0 cm³/mol. The van der Waals surface area contributed by atoms with Crippen LogP contribution in [0.3, 0.4) is 0 Å². The number of terminal acetylenes is 1. The lowest BCUT2D eigenvalue weighted by Gasteiger charge is -2.32. The van der Waals surface area contributed by atoms with Gasteiger partial charge in [-0.3, -0.25) is 0 Å². The first-order valence-electron chi connectivity index (χ1n) is 5.98. The molecule has 0 aromatic heterocycles. The minimum Gasteiger partial charge on any atom is -0.348 e. The molecule has 0 amide bonds. The molecule has 0 aromatic rings. The molecule has 0 radical (unpaired) electrons. The van der Waals surface area contributed by atoms with Gasteiger partial charge in [0.1, 0.15) is 0 Å². The molecule has 0 atom stereocenters.